The van der Waals surface area contributed by atoms with Crippen LogP contribution in [-0.4, -0.2) is 53.3 Å². The topological polar surface area (TPSA) is 48.4 Å². The lowest BCUT2D eigenvalue weighted by Gasteiger charge is -2.31. The Balaban J connectivity index is 1.69. The van der Waals surface area contributed by atoms with Gasteiger partial charge in [-0.15, -0.1) is 0 Å². The molecule has 2 rings (SSSR count). The molecule has 20 heavy (non-hydrogen) atoms. The molecule has 2 N–H and O–H groups in total. The third-order valence-corrected chi connectivity index (χ3v) is 4.06. The van der Waals surface area contributed by atoms with Crippen LogP contribution in [0.25, 0.3) is 0 Å². The maximum atomic E-state index is 9.59. The van der Waals surface area contributed by atoms with E-state index in [9.17, 15) is 5.11 Å². The van der Waals surface area contributed by atoms with Gasteiger partial charge < -0.3 is 15.3 Å². The first kappa shape index (κ1) is 15.4. The fourth-order valence-electron chi connectivity index (χ4n) is 2.34. The van der Waals surface area contributed by atoms with Crippen LogP contribution >= 0.6 is 0 Å². The largest absolute Gasteiger partial charge is 0.394 e. The predicted octanol–water partition coefficient (Wildman–Crippen LogP) is 1.45. The number of rotatable bonds is 9. The normalized spacial score (nSPS) is 18.2. The molecule has 1 unspecified atom stereocenters. The fraction of sp³-hybridized carbons (Fsp3) is 0.688. The first-order chi connectivity index (χ1) is 9.61. The molecule has 0 aromatic carbocycles. The molecule has 1 aliphatic rings. The first-order valence-corrected chi connectivity index (χ1v) is 7.57. The standard InChI is InChI=1S/C16H27N3O/c1-16(13-20,18-15-3-4-15)8-12-19(2)11-7-14-5-9-17-10-6-14/h5-6,9-10,15,18,20H,3-4,7-8,11-13H2,1-2H3. The Kier molecular flexibility index (Phi) is 5.52. The van der Waals surface area contributed by atoms with Gasteiger partial charge in [0.05, 0.1) is 6.61 Å². The Hall–Kier alpha value is -0.970. The summed E-state index contributed by atoms with van der Waals surface area (Å²) in [4.78, 5) is 6.37. The van der Waals surface area contributed by atoms with Gasteiger partial charge in [0.25, 0.3) is 0 Å². The zero-order chi connectivity index (χ0) is 14.4. The molecule has 1 aromatic heterocycles. The molecule has 1 atom stereocenters. The Labute approximate surface area is 122 Å². The van der Waals surface area contributed by atoms with Crippen LogP contribution in [0, 0.1) is 0 Å². The lowest BCUT2D eigenvalue weighted by atomic mass is 9.98. The molecule has 1 aromatic rings. The molecule has 4 heteroatoms. The predicted molar refractivity (Wildman–Crippen MR) is 81.7 cm³/mol. The molecule has 4 nitrogen and oxygen atoms in total. The zero-order valence-electron chi connectivity index (χ0n) is 12.7. The van der Waals surface area contributed by atoms with Gasteiger partial charge in [0, 0.05) is 30.5 Å². The van der Waals surface area contributed by atoms with Gasteiger partial charge in [-0.3, -0.25) is 4.98 Å². The van der Waals surface area contributed by atoms with Gasteiger partial charge in [-0.05, 0) is 63.9 Å². The van der Waals surface area contributed by atoms with Crippen LogP contribution in [0.15, 0.2) is 24.5 Å². The summed E-state index contributed by atoms with van der Waals surface area (Å²) >= 11 is 0. The van der Waals surface area contributed by atoms with Crippen molar-refractivity contribution in [2.45, 2.75) is 44.2 Å². The van der Waals surface area contributed by atoms with E-state index in [0.29, 0.717) is 6.04 Å². The third kappa shape index (κ3) is 5.19. The van der Waals surface area contributed by atoms with E-state index in [1.54, 1.807) is 0 Å². The quantitative estimate of drug-likeness (QED) is 0.717. The van der Waals surface area contributed by atoms with Crippen molar-refractivity contribution >= 4 is 0 Å². The highest BCUT2D eigenvalue weighted by Gasteiger charge is 2.31. The van der Waals surface area contributed by atoms with Gasteiger partial charge >= 0.3 is 0 Å². The number of nitrogens with zero attached hydrogens (tertiary/aromatic N) is 2. The van der Waals surface area contributed by atoms with Gasteiger partial charge in [0.2, 0.25) is 0 Å². The second-order valence-corrected chi connectivity index (χ2v) is 6.30. The van der Waals surface area contributed by atoms with E-state index < -0.39 is 0 Å². The molecular weight excluding hydrogens is 250 g/mol. The molecule has 0 radical (unpaired) electrons. The number of nitrogens with one attached hydrogen (secondary N) is 1. The number of hydrogen-bond acceptors (Lipinski definition) is 4. The average molecular weight is 277 g/mol. The van der Waals surface area contributed by atoms with E-state index in [1.807, 2.05) is 12.4 Å². The summed E-state index contributed by atoms with van der Waals surface area (Å²) < 4.78 is 0. The number of aliphatic hydroxyl groups excluding tert-OH is 1. The Bertz CT molecular complexity index is 394. The molecule has 1 saturated carbocycles. The molecule has 1 aliphatic carbocycles. The second kappa shape index (κ2) is 7.16. The van der Waals surface area contributed by atoms with Crippen LogP contribution in [0.2, 0.25) is 0 Å². The van der Waals surface area contributed by atoms with Gasteiger partial charge in [-0.25, -0.2) is 0 Å². The van der Waals surface area contributed by atoms with Crippen LogP contribution in [0.4, 0.5) is 0 Å². The summed E-state index contributed by atoms with van der Waals surface area (Å²) in [6.07, 6.45) is 8.23. The Morgan fingerprint density at radius 1 is 1.35 bits per heavy atom. The maximum Gasteiger partial charge on any atom is 0.0611 e. The summed E-state index contributed by atoms with van der Waals surface area (Å²) in [7, 11) is 2.15. The molecule has 0 spiro atoms. The average Bonchev–Trinajstić information content (AvgIpc) is 3.28. The summed E-state index contributed by atoms with van der Waals surface area (Å²) in [6, 6.07) is 4.77. The minimum absolute atomic E-state index is 0.133. The van der Waals surface area contributed by atoms with E-state index in [1.165, 1.54) is 18.4 Å². The Morgan fingerprint density at radius 2 is 2.05 bits per heavy atom. The zero-order valence-corrected chi connectivity index (χ0v) is 12.7. The van der Waals surface area contributed by atoms with Crippen molar-refractivity contribution in [3.8, 4) is 0 Å². The van der Waals surface area contributed by atoms with Crippen molar-refractivity contribution in [2.75, 3.05) is 26.7 Å². The van der Waals surface area contributed by atoms with Crippen LogP contribution in [-0.2, 0) is 6.42 Å². The third-order valence-electron chi connectivity index (χ3n) is 4.06. The summed E-state index contributed by atoms with van der Waals surface area (Å²) in [6.45, 7) is 4.38. The lowest BCUT2D eigenvalue weighted by Crippen LogP contribution is -2.48. The van der Waals surface area contributed by atoms with E-state index in [2.05, 4.69) is 41.3 Å². The van der Waals surface area contributed by atoms with E-state index in [0.717, 1.165) is 25.9 Å². The molecule has 0 amide bonds. The summed E-state index contributed by atoms with van der Waals surface area (Å²) in [5.74, 6) is 0. The monoisotopic (exact) mass is 277 g/mol. The van der Waals surface area contributed by atoms with Crippen molar-refractivity contribution in [3.05, 3.63) is 30.1 Å². The minimum atomic E-state index is -0.133. The second-order valence-electron chi connectivity index (χ2n) is 6.30. The smallest absolute Gasteiger partial charge is 0.0611 e. The number of hydrogen-bond donors (Lipinski definition) is 2. The molecule has 1 heterocycles. The van der Waals surface area contributed by atoms with Crippen molar-refractivity contribution in [1.29, 1.82) is 0 Å². The molecular formula is C16H27N3O. The maximum absolute atomic E-state index is 9.59. The van der Waals surface area contributed by atoms with Crippen LogP contribution in [0.3, 0.4) is 0 Å². The SMILES string of the molecule is CN(CCc1ccncc1)CCC(C)(CO)NC1CC1. The number of aliphatic hydroxyl groups is 1. The van der Waals surface area contributed by atoms with Crippen molar-refractivity contribution < 1.29 is 5.11 Å². The summed E-state index contributed by atoms with van der Waals surface area (Å²) in [5.41, 5.74) is 1.19. The van der Waals surface area contributed by atoms with Crippen molar-refractivity contribution in [2.24, 2.45) is 0 Å². The first-order valence-electron chi connectivity index (χ1n) is 7.57. The molecule has 0 bridgehead atoms. The minimum Gasteiger partial charge on any atom is -0.394 e. The highest BCUT2D eigenvalue weighted by molar-refractivity contribution is 5.09. The van der Waals surface area contributed by atoms with Gasteiger partial charge in [-0.2, -0.15) is 0 Å². The van der Waals surface area contributed by atoms with Gasteiger partial charge in [0.15, 0.2) is 0 Å². The highest BCUT2D eigenvalue weighted by Crippen LogP contribution is 2.23. The van der Waals surface area contributed by atoms with E-state index >= 15 is 0 Å². The molecule has 0 aliphatic heterocycles. The van der Waals surface area contributed by atoms with Crippen LogP contribution in [0.5, 0.6) is 0 Å². The Morgan fingerprint density at radius 3 is 2.65 bits per heavy atom. The van der Waals surface area contributed by atoms with Crippen LogP contribution in [0.1, 0.15) is 31.7 Å². The van der Waals surface area contributed by atoms with Gasteiger partial charge in [-0.1, -0.05) is 0 Å². The molecule has 1 fully saturated rings. The van der Waals surface area contributed by atoms with E-state index in [4.69, 9.17) is 0 Å². The van der Waals surface area contributed by atoms with Crippen LogP contribution < -0.4 is 5.32 Å². The summed E-state index contributed by atoms with van der Waals surface area (Å²) in [5, 5.41) is 13.2. The van der Waals surface area contributed by atoms with Gasteiger partial charge in [0.1, 0.15) is 0 Å². The molecule has 0 saturated heterocycles. The molecule has 112 valence electrons. The number of likely N-dealkylation sites (N-methyl/N-ethyl adjacent to an activating group) is 1. The highest BCUT2D eigenvalue weighted by atomic mass is 16.3. The lowest BCUT2D eigenvalue weighted by molar-refractivity contribution is 0.150. The van der Waals surface area contributed by atoms with Crippen molar-refractivity contribution in [3.63, 3.8) is 0 Å². The fourth-order valence-corrected chi connectivity index (χ4v) is 2.34. The number of pyridine rings is 1. The van der Waals surface area contributed by atoms with E-state index in [-0.39, 0.29) is 12.1 Å². The number of aromatic nitrogens is 1. The van der Waals surface area contributed by atoms with Crippen molar-refractivity contribution in [1.82, 2.24) is 15.2 Å².